The molecule has 1 heterocycles. The molecule has 38 heavy (non-hydrogen) atoms. The molecule has 1 aromatic carbocycles. The molecule has 0 radical (unpaired) electrons. The average Bonchev–Trinajstić information content (AvgIpc) is 2.92. The van der Waals surface area contributed by atoms with Gasteiger partial charge in [-0.05, 0) is 110 Å². The number of hydrogen-bond donors (Lipinski definition) is 4. The minimum Gasteiger partial charge on any atom is -0.493 e. The molecule has 1 unspecified atom stereocenters. The van der Waals surface area contributed by atoms with Crippen molar-refractivity contribution >= 4 is 5.96 Å². The molecule has 3 aliphatic rings. The van der Waals surface area contributed by atoms with E-state index >= 15 is 0 Å². The molecule has 212 valence electrons. The van der Waals surface area contributed by atoms with E-state index in [2.05, 4.69) is 34.3 Å². The van der Waals surface area contributed by atoms with Crippen molar-refractivity contribution in [1.29, 1.82) is 0 Å². The smallest absolute Gasteiger partial charge is 0.197 e. The molecule has 1 saturated carbocycles. The molecule has 0 spiro atoms. The predicted molar refractivity (Wildman–Crippen MR) is 154 cm³/mol. The molecule has 1 atom stereocenters. The van der Waals surface area contributed by atoms with Gasteiger partial charge in [-0.25, -0.2) is 4.99 Å². The zero-order valence-electron chi connectivity index (χ0n) is 24.2. The van der Waals surface area contributed by atoms with Crippen molar-refractivity contribution in [2.24, 2.45) is 10.9 Å². The Kier molecular flexibility index (Phi) is 10.2. The van der Waals surface area contributed by atoms with Gasteiger partial charge in [0, 0.05) is 23.9 Å². The van der Waals surface area contributed by atoms with E-state index < -0.39 is 0 Å². The van der Waals surface area contributed by atoms with E-state index in [0.29, 0.717) is 31.8 Å². The van der Waals surface area contributed by atoms with Gasteiger partial charge < -0.3 is 30.2 Å². The summed E-state index contributed by atoms with van der Waals surface area (Å²) in [5.74, 6) is 3.99. The average molecular weight is 528 g/mol. The highest BCUT2D eigenvalue weighted by atomic mass is 16.5. The first-order valence-electron chi connectivity index (χ1n) is 14.8. The number of hydrogen-bond acceptors (Lipinski definition) is 6. The van der Waals surface area contributed by atoms with Crippen LogP contribution in [0, 0.1) is 5.92 Å². The van der Waals surface area contributed by atoms with Gasteiger partial charge >= 0.3 is 0 Å². The third kappa shape index (κ3) is 6.94. The predicted octanol–water partition coefficient (Wildman–Crippen LogP) is 4.84. The van der Waals surface area contributed by atoms with E-state index in [1.54, 1.807) is 0 Å². The van der Waals surface area contributed by atoms with Crippen molar-refractivity contribution in [2.75, 3.05) is 33.4 Å². The van der Waals surface area contributed by atoms with Gasteiger partial charge in [0.15, 0.2) is 17.5 Å². The Bertz CT molecular complexity index is 986. The third-order valence-corrected chi connectivity index (χ3v) is 8.11. The fourth-order valence-corrected chi connectivity index (χ4v) is 5.98. The number of allylic oxidation sites excluding steroid dienone is 1. The van der Waals surface area contributed by atoms with Crippen molar-refractivity contribution in [1.82, 2.24) is 21.3 Å². The molecule has 8 heteroatoms. The SMILES string of the molecule is CCOc1cc(OCC)c(OCC)cc1CNCC1CCC(N=C2NC3=C(CCCC3)C(C)(NC)N2)CC1. The molecule has 8 nitrogen and oxygen atoms in total. The lowest BCUT2D eigenvalue weighted by Gasteiger charge is -2.43. The van der Waals surface area contributed by atoms with Crippen LogP contribution in [0.15, 0.2) is 28.4 Å². The Morgan fingerprint density at radius 3 is 2.26 bits per heavy atom. The van der Waals surface area contributed by atoms with E-state index in [1.807, 2.05) is 33.9 Å². The molecular weight excluding hydrogens is 478 g/mol. The topological polar surface area (TPSA) is 88.2 Å². The van der Waals surface area contributed by atoms with Crippen LogP contribution in [0.4, 0.5) is 0 Å². The largest absolute Gasteiger partial charge is 0.493 e. The van der Waals surface area contributed by atoms with Crippen LogP contribution in [0.5, 0.6) is 17.2 Å². The maximum atomic E-state index is 5.93. The Morgan fingerprint density at radius 2 is 1.58 bits per heavy atom. The van der Waals surface area contributed by atoms with Crippen LogP contribution < -0.4 is 35.5 Å². The van der Waals surface area contributed by atoms with Crippen molar-refractivity contribution < 1.29 is 14.2 Å². The van der Waals surface area contributed by atoms with Crippen LogP contribution in [0.3, 0.4) is 0 Å². The zero-order chi connectivity index (χ0) is 27.0. The summed E-state index contributed by atoms with van der Waals surface area (Å²) in [6.45, 7) is 11.8. The number of likely N-dealkylation sites (N-methyl/N-ethyl adjacent to an activating group) is 1. The molecule has 0 bridgehead atoms. The fraction of sp³-hybridized carbons (Fsp3) is 0.700. The second-order valence-corrected chi connectivity index (χ2v) is 10.8. The van der Waals surface area contributed by atoms with Gasteiger partial charge in [-0.2, -0.15) is 0 Å². The highest BCUT2D eigenvalue weighted by molar-refractivity contribution is 5.84. The van der Waals surface area contributed by atoms with Crippen LogP contribution >= 0.6 is 0 Å². The summed E-state index contributed by atoms with van der Waals surface area (Å²) in [5, 5.41) is 14.5. The summed E-state index contributed by atoms with van der Waals surface area (Å²) in [4.78, 5) is 5.13. The molecule has 0 amide bonds. The van der Waals surface area contributed by atoms with Crippen LogP contribution in [0.25, 0.3) is 0 Å². The number of guanidine groups is 1. The first kappa shape index (κ1) is 28.6. The minimum atomic E-state index is -0.204. The van der Waals surface area contributed by atoms with Gasteiger partial charge in [-0.1, -0.05) is 0 Å². The highest BCUT2D eigenvalue weighted by Crippen LogP contribution is 2.36. The van der Waals surface area contributed by atoms with Gasteiger partial charge in [-0.3, -0.25) is 5.32 Å². The van der Waals surface area contributed by atoms with Gasteiger partial charge in [0.05, 0.1) is 25.9 Å². The lowest BCUT2D eigenvalue weighted by Crippen LogP contribution is -2.64. The lowest BCUT2D eigenvalue weighted by molar-refractivity contribution is 0.281. The summed E-state index contributed by atoms with van der Waals surface area (Å²) in [6, 6.07) is 4.41. The standard InChI is InChI=1S/C30H49N5O3/c1-6-36-26-18-28(38-8-3)27(37-7-2)17-22(26)20-32-19-21-13-15-23(16-14-21)33-29-34-25-12-10-9-11-24(25)30(4,31-5)35-29/h17-18,21,23,31-32H,6-16,19-20H2,1-5H3,(H2,33,34,35). The van der Waals surface area contributed by atoms with Crippen LogP contribution in [-0.2, 0) is 6.54 Å². The lowest BCUT2D eigenvalue weighted by atomic mass is 9.85. The molecule has 1 fully saturated rings. The summed E-state index contributed by atoms with van der Waals surface area (Å²) < 4.78 is 17.6. The summed E-state index contributed by atoms with van der Waals surface area (Å²) >= 11 is 0. The molecule has 0 aromatic heterocycles. The summed E-state index contributed by atoms with van der Waals surface area (Å²) in [6.07, 6.45) is 9.43. The molecular formula is C30H49N5O3. The van der Waals surface area contributed by atoms with E-state index in [9.17, 15) is 0 Å². The number of aliphatic imine (C=N–C) groups is 1. The number of nitrogens with zero attached hydrogens (tertiary/aromatic N) is 1. The Balaban J connectivity index is 1.30. The number of benzene rings is 1. The third-order valence-electron chi connectivity index (χ3n) is 8.11. The van der Waals surface area contributed by atoms with Gasteiger partial charge in [0.2, 0.25) is 0 Å². The fourth-order valence-electron chi connectivity index (χ4n) is 5.98. The van der Waals surface area contributed by atoms with E-state index in [-0.39, 0.29) is 5.66 Å². The van der Waals surface area contributed by atoms with Gasteiger partial charge in [-0.15, -0.1) is 0 Å². The molecule has 0 saturated heterocycles. The van der Waals surface area contributed by atoms with Crippen molar-refractivity contribution in [3.8, 4) is 17.2 Å². The maximum Gasteiger partial charge on any atom is 0.197 e. The van der Waals surface area contributed by atoms with Gasteiger partial charge in [0.1, 0.15) is 11.4 Å². The normalized spacial score (nSPS) is 26.4. The molecule has 4 N–H and O–H groups in total. The van der Waals surface area contributed by atoms with Crippen LogP contribution in [0.2, 0.25) is 0 Å². The summed E-state index contributed by atoms with van der Waals surface area (Å²) in [7, 11) is 2.04. The zero-order valence-corrected chi connectivity index (χ0v) is 24.2. The minimum absolute atomic E-state index is 0.204. The highest BCUT2D eigenvalue weighted by Gasteiger charge is 2.36. The second-order valence-electron chi connectivity index (χ2n) is 10.8. The monoisotopic (exact) mass is 527 g/mol. The van der Waals surface area contributed by atoms with E-state index in [1.165, 1.54) is 37.0 Å². The quantitative estimate of drug-likeness (QED) is 0.309. The second kappa shape index (κ2) is 13.6. The molecule has 1 aromatic rings. The van der Waals surface area contributed by atoms with E-state index in [0.717, 1.165) is 67.5 Å². The number of ether oxygens (including phenoxy) is 3. The van der Waals surface area contributed by atoms with Crippen molar-refractivity contribution in [2.45, 2.75) is 97.3 Å². The Labute approximate surface area is 229 Å². The molecule has 1 aliphatic heterocycles. The van der Waals surface area contributed by atoms with Crippen molar-refractivity contribution in [3.05, 3.63) is 29.0 Å². The first-order chi connectivity index (χ1) is 18.5. The van der Waals surface area contributed by atoms with Gasteiger partial charge in [0.25, 0.3) is 0 Å². The van der Waals surface area contributed by atoms with E-state index in [4.69, 9.17) is 19.2 Å². The number of nitrogens with one attached hydrogen (secondary N) is 4. The molecule has 2 aliphatic carbocycles. The van der Waals surface area contributed by atoms with Crippen LogP contribution in [0.1, 0.15) is 84.6 Å². The Hall–Kier alpha value is -2.45. The maximum absolute atomic E-state index is 5.93. The molecule has 4 rings (SSSR count). The Morgan fingerprint density at radius 1 is 0.921 bits per heavy atom. The first-order valence-corrected chi connectivity index (χ1v) is 14.8. The van der Waals surface area contributed by atoms with Crippen molar-refractivity contribution in [3.63, 3.8) is 0 Å². The van der Waals surface area contributed by atoms with Crippen LogP contribution in [-0.4, -0.2) is 51.1 Å². The summed E-state index contributed by atoms with van der Waals surface area (Å²) in [5.41, 5.74) is 3.74. The number of rotatable bonds is 12.